The van der Waals surface area contributed by atoms with Crippen LogP contribution in [0, 0.1) is 11.8 Å². The Morgan fingerprint density at radius 1 is 1.56 bits per heavy atom. The SMILES string of the molecule is O=C(O)CCCC1COC2C=CC(=O)CC12. The highest BCUT2D eigenvalue weighted by Crippen LogP contribution is 2.36. The third-order valence-electron chi connectivity index (χ3n) is 3.40. The average Bonchev–Trinajstić information content (AvgIpc) is 2.60. The zero-order valence-electron chi connectivity index (χ0n) is 9.09. The van der Waals surface area contributed by atoms with E-state index in [1.54, 1.807) is 6.08 Å². The molecular formula is C12H16O4. The van der Waals surface area contributed by atoms with Crippen LogP contribution in [-0.2, 0) is 14.3 Å². The van der Waals surface area contributed by atoms with E-state index < -0.39 is 5.97 Å². The van der Waals surface area contributed by atoms with Crippen molar-refractivity contribution in [1.82, 2.24) is 0 Å². The Morgan fingerprint density at radius 3 is 3.12 bits per heavy atom. The number of hydrogen-bond acceptors (Lipinski definition) is 3. The van der Waals surface area contributed by atoms with Gasteiger partial charge < -0.3 is 9.84 Å². The van der Waals surface area contributed by atoms with Crippen LogP contribution in [0.3, 0.4) is 0 Å². The lowest BCUT2D eigenvalue weighted by atomic mass is 9.81. The highest BCUT2D eigenvalue weighted by molar-refractivity contribution is 5.90. The number of ether oxygens (including phenoxy) is 1. The number of fused-ring (bicyclic) bond motifs is 1. The van der Waals surface area contributed by atoms with Gasteiger partial charge in [-0.1, -0.05) is 6.08 Å². The van der Waals surface area contributed by atoms with Crippen molar-refractivity contribution in [2.24, 2.45) is 11.8 Å². The summed E-state index contributed by atoms with van der Waals surface area (Å²) in [5, 5.41) is 8.57. The van der Waals surface area contributed by atoms with Crippen LogP contribution in [-0.4, -0.2) is 29.6 Å². The molecule has 0 aromatic rings. The zero-order chi connectivity index (χ0) is 11.5. The molecule has 1 heterocycles. The molecule has 0 saturated carbocycles. The van der Waals surface area contributed by atoms with Gasteiger partial charge in [0.15, 0.2) is 5.78 Å². The molecule has 0 amide bonds. The summed E-state index contributed by atoms with van der Waals surface area (Å²) in [6.45, 7) is 0.659. The maximum absolute atomic E-state index is 11.3. The number of carbonyl (C=O) groups excluding carboxylic acids is 1. The minimum absolute atomic E-state index is 0.0764. The van der Waals surface area contributed by atoms with Gasteiger partial charge in [0.25, 0.3) is 0 Å². The smallest absolute Gasteiger partial charge is 0.303 e. The fraction of sp³-hybridized carbons (Fsp3) is 0.667. The summed E-state index contributed by atoms with van der Waals surface area (Å²) in [4.78, 5) is 21.7. The molecular weight excluding hydrogens is 208 g/mol. The first kappa shape index (κ1) is 11.3. The zero-order valence-corrected chi connectivity index (χ0v) is 9.09. The fourth-order valence-corrected chi connectivity index (χ4v) is 2.55. The van der Waals surface area contributed by atoms with Gasteiger partial charge in [-0.3, -0.25) is 9.59 Å². The van der Waals surface area contributed by atoms with Crippen molar-refractivity contribution in [1.29, 1.82) is 0 Å². The van der Waals surface area contributed by atoms with E-state index in [0.29, 0.717) is 25.4 Å². The summed E-state index contributed by atoms with van der Waals surface area (Å²) in [7, 11) is 0. The minimum atomic E-state index is -0.755. The number of allylic oxidation sites excluding steroid dienone is 1. The molecule has 2 aliphatic rings. The van der Waals surface area contributed by atoms with Gasteiger partial charge in [-0.25, -0.2) is 0 Å². The van der Waals surface area contributed by atoms with E-state index in [2.05, 4.69) is 0 Å². The molecule has 1 fully saturated rings. The van der Waals surface area contributed by atoms with Crippen molar-refractivity contribution in [2.75, 3.05) is 6.61 Å². The molecule has 0 aromatic heterocycles. The van der Waals surface area contributed by atoms with Crippen molar-refractivity contribution in [3.8, 4) is 0 Å². The third-order valence-corrected chi connectivity index (χ3v) is 3.40. The van der Waals surface area contributed by atoms with Crippen molar-refractivity contribution < 1.29 is 19.4 Å². The maximum Gasteiger partial charge on any atom is 0.303 e. The van der Waals surface area contributed by atoms with E-state index in [1.807, 2.05) is 6.08 Å². The molecule has 4 heteroatoms. The molecule has 0 spiro atoms. The molecule has 1 saturated heterocycles. The van der Waals surface area contributed by atoms with Crippen LogP contribution in [0.15, 0.2) is 12.2 Å². The van der Waals surface area contributed by atoms with E-state index in [0.717, 1.165) is 6.42 Å². The summed E-state index contributed by atoms with van der Waals surface area (Å²) < 4.78 is 5.59. The Bertz CT molecular complexity index is 321. The fourth-order valence-electron chi connectivity index (χ4n) is 2.55. The number of aliphatic carboxylic acids is 1. The second-order valence-corrected chi connectivity index (χ2v) is 4.54. The van der Waals surface area contributed by atoms with Gasteiger partial charge in [0, 0.05) is 18.8 Å². The number of carbonyl (C=O) groups is 2. The van der Waals surface area contributed by atoms with Crippen LogP contribution < -0.4 is 0 Å². The Kier molecular flexibility index (Phi) is 3.39. The number of ketones is 1. The van der Waals surface area contributed by atoms with E-state index >= 15 is 0 Å². The van der Waals surface area contributed by atoms with Crippen LogP contribution in [0.5, 0.6) is 0 Å². The van der Waals surface area contributed by atoms with E-state index in [1.165, 1.54) is 0 Å². The molecule has 2 rings (SSSR count). The highest BCUT2D eigenvalue weighted by atomic mass is 16.5. The molecule has 4 nitrogen and oxygen atoms in total. The largest absolute Gasteiger partial charge is 0.481 e. The lowest BCUT2D eigenvalue weighted by molar-refractivity contribution is -0.137. The van der Waals surface area contributed by atoms with Crippen LogP contribution in [0.1, 0.15) is 25.7 Å². The van der Waals surface area contributed by atoms with Crippen molar-refractivity contribution in [3.05, 3.63) is 12.2 Å². The first-order chi connectivity index (χ1) is 7.66. The van der Waals surface area contributed by atoms with Gasteiger partial charge in [0.2, 0.25) is 0 Å². The van der Waals surface area contributed by atoms with Crippen LogP contribution >= 0.6 is 0 Å². The predicted molar refractivity (Wildman–Crippen MR) is 57.0 cm³/mol. The molecule has 0 aromatic carbocycles. The van der Waals surface area contributed by atoms with Crippen LogP contribution in [0.4, 0.5) is 0 Å². The number of rotatable bonds is 4. The van der Waals surface area contributed by atoms with Gasteiger partial charge in [-0.05, 0) is 24.8 Å². The quantitative estimate of drug-likeness (QED) is 0.784. The van der Waals surface area contributed by atoms with Crippen molar-refractivity contribution in [3.63, 3.8) is 0 Å². The monoisotopic (exact) mass is 224 g/mol. The van der Waals surface area contributed by atoms with E-state index in [9.17, 15) is 9.59 Å². The number of hydrogen-bond donors (Lipinski definition) is 1. The molecule has 0 radical (unpaired) electrons. The molecule has 1 aliphatic carbocycles. The predicted octanol–water partition coefficient (Wildman–Crippen LogP) is 1.40. The molecule has 0 bridgehead atoms. The Hall–Kier alpha value is -1.16. The van der Waals surface area contributed by atoms with Gasteiger partial charge in [-0.2, -0.15) is 0 Å². The summed E-state index contributed by atoms with van der Waals surface area (Å²) in [6.07, 6.45) is 5.79. The van der Waals surface area contributed by atoms with Crippen molar-refractivity contribution >= 4 is 11.8 Å². The average molecular weight is 224 g/mol. The van der Waals surface area contributed by atoms with Gasteiger partial charge in [0.1, 0.15) is 0 Å². The Labute approximate surface area is 94.3 Å². The van der Waals surface area contributed by atoms with Gasteiger partial charge in [-0.15, -0.1) is 0 Å². The number of carboxylic acid groups (broad SMARTS) is 1. The van der Waals surface area contributed by atoms with Crippen LogP contribution in [0.2, 0.25) is 0 Å². The van der Waals surface area contributed by atoms with E-state index in [-0.39, 0.29) is 24.2 Å². The summed E-state index contributed by atoms with van der Waals surface area (Å²) in [5.74, 6) is 0.0228. The highest BCUT2D eigenvalue weighted by Gasteiger charge is 2.38. The third kappa shape index (κ3) is 2.50. The molecule has 3 atom stereocenters. The van der Waals surface area contributed by atoms with E-state index in [4.69, 9.17) is 9.84 Å². The molecule has 88 valence electrons. The normalized spacial score (nSPS) is 32.8. The lowest BCUT2D eigenvalue weighted by Crippen LogP contribution is -2.25. The Balaban J connectivity index is 1.85. The molecule has 3 unspecified atom stereocenters. The van der Waals surface area contributed by atoms with Gasteiger partial charge >= 0.3 is 5.97 Å². The Morgan fingerprint density at radius 2 is 2.38 bits per heavy atom. The van der Waals surface area contributed by atoms with Crippen molar-refractivity contribution in [2.45, 2.75) is 31.8 Å². The maximum atomic E-state index is 11.3. The summed E-state index contributed by atoms with van der Waals surface area (Å²) in [6, 6.07) is 0. The van der Waals surface area contributed by atoms with Crippen LogP contribution in [0.25, 0.3) is 0 Å². The first-order valence-electron chi connectivity index (χ1n) is 5.71. The number of carboxylic acids is 1. The topological polar surface area (TPSA) is 63.6 Å². The second-order valence-electron chi connectivity index (χ2n) is 4.54. The second kappa shape index (κ2) is 4.78. The lowest BCUT2D eigenvalue weighted by Gasteiger charge is -2.22. The molecule has 1 aliphatic heterocycles. The molecule has 1 N–H and O–H groups in total. The minimum Gasteiger partial charge on any atom is -0.481 e. The van der Waals surface area contributed by atoms with Gasteiger partial charge in [0.05, 0.1) is 12.7 Å². The summed E-state index contributed by atoms with van der Waals surface area (Å²) >= 11 is 0. The summed E-state index contributed by atoms with van der Waals surface area (Å²) in [5.41, 5.74) is 0. The first-order valence-corrected chi connectivity index (χ1v) is 5.71. The standard InChI is InChI=1S/C12H16O4/c13-9-4-5-11-10(6-9)8(7-16-11)2-1-3-12(14)15/h4-5,8,10-11H,1-3,6-7H2,(H,14,15). The molecule has 16 heavy (non-hydrogen) atoms.